The number of likely N-dealkylation sites (tertiary alicyclic amines) is 1. The SMILES string of the molecule is [2H]C[C@@H]1CCC(=O)N1C(=O)c1ccccc1. The maximum absolute atomic E-state index is 12.0. The molecule has 0 unspecified atom stereocenters. The Bertz CT molecular complexity index is 405. The number of hydrogen-bond donors (Lipinski definition) is 0. The summed E-state index contributed by atoms with van der Waals surface area (Å²) in [6.07, 6.45) is 0.989. The van der Waals surface area contributed by atoms with E-state index in [1.807, 2.05) is 6.07 Å². The van der Waals surface area contributed by atoms with Crippen LogP contribution in [0, 0.1) is 0 Å². The van der Waals surface area contributed by atoms with Crippen molar-refractivity contribution in [2.24, 2.45) is 0 Å². The van der Waals surface area contributed by atoms with Gasteiger partial charge in [-0.15, -0.1) is 0 Å². The maximum atomic E-state index is 12.0. The van der Waals surface area contributed by atoms with Gasteiger partial charge in [-0.05, 0) is 25.5 Å². The summed E-state index contributed by atoms with van der Waals surface area (Å²) in [5.41, 5.74) is 0.510. The van der Waals surface area contributed by atoms with Gasteiger partial charge in [0.25, 0.3) is 5.91 Å². The molecule has 0 bridgehead atoms. The fourth-order valence-corrected chi connectivity index (χ4v) is 1.74. The van der Waals surface area contributed by atoms with E-state index in [1.165, 1.54) is 4.90 Å². The molecule has 78 valence electrons. The molecule has 1 saturated heterocycles. The van der Waals surface area contributed by atoms with E-state index in [-0.39, 0.29) is 24.8 Å². The second-order valence-corrected chi connectivity index (χ2v) is 3.63. The molecule has 1 aromatic rings. The molecule has 0 radical (unpaired) electrons. The zero-order chi connectivity index (χ0) is 11.5. The topological polar surface area (TPSA) is 37.4 Å². The first-order valence-electron chi connectivity index (χ1n) is 5.65. The molecule has 3 heteroatoms. The lowest BCUT2D eigenvalue weighted by molar-refractivity contribution is -0.126. The second-order valence-electron chi connectivity index (χ2n) is 3.63. The van der Waals surface area contributed by atoms with Crippen LogP contribution in [0.25, 0.3) is 0 Å². The zero-order valence-electron chi connectivity index (χ0n) is 9.35. The molecule has 1 aliphatic heterocycles. The molecule has 1 fully saturated rings. The average molecular weight is 204 g/mol. The van der Waals surface area contributed by atoms with Crippen molar-refractivity contribution in [2.75, 3.05) is 0 Å². The summed E-state index contributed by atoms with van der Waals surface area (Å²) in [5, 5.41) is 0. The summed E-state index contributed by atoms with van der Waals surface area (Å²) in [4.78, 5) is 24.9. The van der Waals surface area contributed by atoms with E-state index < -0.39 is 0 Å². The van der Waals surface area contributed by atoms with Gasteiger partial charge in [-0.25, -0.2) is 0 Å². The minimum atomic E-state index is -0.277. The third-order valence-electron chi connectivity index (χ3n) is 2.56. The largest absolute Gasteiger partial charge is 0.276 e. The second kappa shape index (κ2) is 3.85. The van der Waals surface area contributed by atoms with Crippen LogP contribution in [-0.2, 0) is 4.79 Å². The molecule has 0 aromatic heterocycles. The van der Waals surface area contributed by atoms with Gasteiger partial charge in [0, 0.05) is 19.4 Å². The van der Waals surface area contributed by atoms with Gasteiger partial charge in [0.05, 0.1) is 0 Å². The van der Waals surface area contributed by atoms with Crippen LogP contribution >= 0.6 is 0 Å². The van der Waals surface area contributed by atoms with Crippen LogP contribution in [0.15, 0.2) is 30.3 Å². The number of rotatable bonds is 1. The molecule has 0 N–H and O–H groups in total. The molecule has 2 amide bonds. The highest BCUT2D eigenvalue weighted by atomic mass is 16.2. The Labute approximate surface area is 90.1 Å². The number of nitrogens with zero attached hydrogens (tertiary/aromatic N) is 1. The molecule has 1 heterocycles. The van der Waals surface area contributed by atoms with E-state index in [2.05, 4.69) is 0 Å². The Hall–Kier alpha value is -1.64. The predicted octanol–water partition coefficient (Wildman–Crippen LogP) is 1.84. The number of benzene rings is 1. The van der Waals surface area contributed by atoms with Gasteiger partial charge < -0.3 is 0 Å². The van der Waals surface area contributed by atoms with Crippen molar-refractivity contribution in [3.05, 3.63) is 35.9 Å². The van der Waals surface area contributed by atoms with E-state index in [9.17, 15) is 9.59 Å². The van der Waals surface area contributed by atoms with Gasteiger partial charge in [-0.1, -0.05) is 18.2 Å². The van der Waals surface area contributed by atoms with Crippen molar-refractivity contribution in [3.63, 3.8) is 0 Å². The molecule has 1 atom stereocenters. The van der Waals surface area contributed by atoms with Gasteiger partial charge in [0.2, 0.25) is 5.91 Å². The number of imide groups is 1. The fourth-order valence-electron chi connectivity index (χ4n) is 1.74. The summed E-state index contributed by atoms with van der Waals surface area (Å²) in [6.45, 7) is 0.0876. The van der Waals surface area contributed by atoms with Gasteiger partial charge >= 0.3 is 0 Å². The van der Waals surface area contributed by atoms with Crippen LogP contribution < -0.4 is 0 Å². The summed E-state index contributed by atoms with van der Waals surface area (Å²) in [7, 11) is 0. The van der Waals surface area contributed by atoms with E-state index in [4.69, 9.17) is 1.37 Å². The highest BCUT2D eigenvalue weighted by molar-refractivity contribution is 6.05. The van der Waals surface area contributed by atoms with Gasteiger partial charge in [0.1, 0.15) is 0 Å². The number of carbonyl (C=O) groups excluding carboxylic acids is 2. The van der Waals surface area contributed by atoms with Crippen molar-refractivity contribution in [1.82, 2.24) is 4.90 Å². The first-order valence-corrected chi connectivity index (χ1v) is 4.94. The number of hydrogen-bond acceptors (Lipinski definition) is 2. The van der Waals surface area contributed by atoms with Crippen molar-refractivity contribution in [2.45, 2.75) is 25.8 Å². The highest BCUT2D eigenvalue weighted by Gasteiger charge is 2.33. The first kappa shape index (κ1) is 8.65. The third-order valence-corrected chi connectivity index (χ3v) is 2.56. The lowest BCUT2D eigenvalue weighted by Crippen LogP contribution is -2.36. The Kier molecular flexibility index (Phi) is 2.22. The zero-order valence-corrected chi connectivity index (χ0v) is 8.35. The number of amides is 2. The monoisotopic (exact) mass is 204 g/mol. The summed E-state index contributed by atoms with van der Waals surface area (Å²) < 4.78 is 7.33. The van der Waals surface area contributed by atoms with Crippen molar-refractivity contribution in [3.8, 4) is 0 Å². The minimum Gasteiger partial charge on any atom is -0.276 e. The third kappa shape index (κ3) is 1.77. The lowest BCUT2D eigenvalue weighted by Gasteiger charge is -2.19. The molecule has 0 aliphatic carbocycles. The Morgan fingerprint density at radius 2 is 2.20 bits per heavy atom. The quantitative estimate of drug-likeness (QED) is 0.654. The Morgan fingerprint density at radius 1 is 1.47 bits per heavy atom. The van der Waals surface area contributed by atoms with Crippen LogP contribution in [0.3, 0.4) is 0 Å². The summed E-state index contributed by atoms with van der Waals surface area (Å²) >= 11 is 0. The summed E-state index contributed by atoms with van der Waals surface area (Å²) in [5.74, 6) is -0.438. The predicted molar refractivity (Wildman–Crippen MR) is 56.3 cm³/mol. The molecular weight excluding hydrogens is 190 g/mol. The normalized spacial score (nSPS) is 21.6. The van der Waals surface area contributed by atoms with E-state index in [1.54, 1.807) is 24.3 Å². The van der Waals surface area contributed by atoms with Crippen molar-refractivity contribution in [1.29, 1.82) is 0 Å². The molecule has 15 heavy (non-hydrogen) atoms. The molecule has 1 aromatic carbocycles. The molecule has 0 saturated carbocycles. The van der Waals surface area contributed by atoms with E-state index >= 15 is 0 Å². The average Bonchev–Trinajstić information content (AvgIpc) is 2.70. The molecular formula is C12H13NO2. The van der Waals surface area contributed by atoms with Crippen LogP contribution in [0.4, 0.5) is 0 Å². The Morgan fingerprint density at radius 3 is 2.87 bits per heavy atom. The lowest BCUT2D eigenvalue weighted by atomic mass is 10.2. The number of carbonyl (C=O) groups is 2. The smallest absolute Gasteiger partial charge is 0.260 e. The molecule has 2 rings (SSSR count). The van der Waals surface area contributed by atoms with Crippen molar-refractivity contribution < 1.29 is 11.0 Å². The van der Waals surface area contributed by atoms with Crippen LogP contribution in [0.2, 0.25) is 0 Å². The molecule has 0 spiro atoms. The van der Waals surface area contributed by atoms with Crippen LogP contribution in [-0.4, -0.2) is 22.8 Å². The van der Waals surface area contributed by atoms with Gasteiger partial charge in [-0.3, -0.25) is 14.5 Å². The fraction of sp³-hybridized carbons (Fsp3) is 0.333. The standard InChI is InChI=1S/C12H13NO2/c1-9-7-8-11(14)13(9)12(15)10-5-3-2-4-6-10/h2-6,9H,7-8H2,1H3/t9-/m1/s1/i1D. The van der Waals surface area contributed by atoms with Crippen molar-refractivity contribution >= 4 is 11.8 Å². The van der Waals surface area contributed by atoms with E-state index in [0.29, 0.717) is 18.4 Å². The highest BCUT2D eigenvalue weighted by Crippen LogP contribution is 2.20. The van der Waals surface area contributed by atoms with Gasteiger partial charge in [-0.2, -0.15) is 0 Å². The Balaban J connectivity index is 2.24. The molecule has 1 aliphatic rings. The maximum Gasteiger partial charge on any atom is 0.260 e. The van der Waals surface area contributed by atoms with Gasteiger partial charge in [0.15, 0.2) is 0 Å². The van der Waals surface area contributed by atoms with Crippen LogP contribution in [0.5, 0.6) is 0 Å². The molecule has 3 nitrogen and oxygen atoms in total. The van der Waals surface area contributed by atoms with Crippen LogP contribution in [0.1, 0.15) is 31.5 Å². The first-order chi connectivity index (χ1) is 7.74. The van der Waals surface area contributed by atoms with E-state index in [0.717, 1.165) is 0 Å². The minimum absolute atomic E-state index is 0.0876. The summed E-state index contributed by atoms with van der Waals surface area (Å²) in [6, 6.07) is 8.49.